The van der Waals surface area contributed by atoms with Crippen LogP contribution in [0.25, 0.3) is 0 Å². The molecular formula is C10H14N2O2. The molecule has 1 heterocycles. The van der Waals surface area contributed by atoms with Gasteiger partial charge in [0.2, 0.25) is 11.8 Å². The Hall–Kier alpha value is -1.37. The lowest BCUT2D eigenvalue weighted by Gasteiger charge is -2.30. The first-order valence-corrected chi connectivity index (χ1v) is 4.92. The Morgan fingerprint density at radius 3 is 2.43 bits per heavy atom. The van der Waals surface area contributed by atoms with Gasteiger partial charge in [-0.05, 0) is 12.8 Å². The summed E-state index contributed by atoms with van der Waals surface area (Å²) in [5.74, 6) is -0.244. The highest BCUT2D eigenvalue weighted by molar-refractivity contribution is 5.97. The molecular weight excluding hydrogens is 180 g/mol. The quantitative estimate of drug-likeness (QED) is 0.634. The number of imide groups is 1. The van der Waals surface area contributed by atoms with Crippen molar-refractivity contribution >= 4 is 11.8 Å². The van der Waals surface area contributed by atoms with Crippen LogP contribution in [0.1, 0.15) is 39.0 Å². The maximum absolute atomic E-state index is 11.5. The summed E-state index contributed by atoms with van der Waals surface area (Å²) in [4.78, 5) is 24.2. The molecule has 1 unspecified atom stereocenters. The number of carbonyl (C=O) groups is 2. The minimum absolute atomic E-state index is 0.122. The number of hydrogen-bond donors (Lipinski definition) is 0. The predicted molar refractivity (Wildman–Crippen MR) is 50.0 cm³/mol. The summed E-state index contributed by atoms with van der Waals surface area (Å²) in [6, 6.07) is 1.79. The molecule has 1 aliphatic rings. The Labute approximate surface area is 83.5 Å². The van der Waals surface area contributed by atoms with Crippen LogP contribution in [0, 0.1) is 11.3 Å². The smallest absolute Gasteiger partial charge is 0.229 e. The first-order chi connectivity index (χ1) is 6.70. The molecule has 1 saturated heterocycles. The number of hydrogen-bond acceptors (Lipinski definition) is 3. The van der Waals surface area contributed by atoms with Gasteiger partial charge in [0.25, 0.3) is 0 Å². The van der Waals surface area contributed by atoms with Gasteiger partial charge in [-0.25, -0.2) is 0 Å². The van der Waals surface area contributed by atoms with E-state index in [0.29, 0.717) is 25.7 Å². The number of likely N-dealkylation sites (tertiary alicyclic amines) is 1. The van der Waals surface area contributed by atoms with E-state index in [9.17, 15) is 9.59 Å². The van der Waals surface area contributed by atoms with E-state index >= 15 is 0 Å². The van der Waals surface area contributed by atoms with E-state index < -0.39 is 0 Å². The van der Waals surface area contributed by atoms with E-state index in [1.807, 2.05) is 13.0 Å². The zero-order chi connectivity index (χ0) is 10.6. The van der Waals surface area contributed by atoms with Crippen molar-refractivity contribution in [2.45, 2.75) is 45.1 Å². The normalized spacial score (nSPS) is 19.3. The van der Waals surface area contributed by atoms with Crippen LogP contribution in [0.4, 0.5) is 0 Å². The molecule has 0 radical (unpaired) electrons. The highest BCUT2D eigenvalue weighted by atomic mass is 16.2. The summed E-state index contributed by atoms with van der Waals surface area (Å²) in [6.45, 7) is 1.89. The Kier molecular flexibility index (Phi) is 3.63. The van der Waals surface area contributed by atoms with Gasteiger partial charge in [-0.15, -0.1) is 0 Å². The Morgan fingerprint density at radius 1 is 1.43 bits per heavy atom. The molecule has 1 rings (SSSR count). The summed E-state index contributed by atoms with van der Waals surface area (Å²) in [5, 5.41) is 8.57. The second-order valence-corrected chi connectivity index (χ2v) is 3.44. The molecule has 0 aromatic carbocycles. The number of rotatable bonds is 3. The molecule has 1 aliphatic heterocycles. The highest BCUT2D eigenvalue weighted by Crippen LogP contribution is 2.18. The lowest BCUT2D eigenvalue weighted by Crippen LogP contribution is -2.46. The second-order valence-electron chi connectivity index (χ2n) is 3.44. The van der Waals surface area contributed by atoms with Gasteiger partial charge in [0.15, 0.2) is 0 Å². The fraction of sp³-hybridized carbons (Fsp3) is 0.700. The molecule has 0 aliphatic carbocycles. The van der Waals surface area contributed by atoms with Crippen LogP contribution >= 0.6 is 0 Å². The van der Waals surface area contributed by atoms with E-state index in [-0.39, 0.29) is 24.3 Å². The first-order valence-electron chi connectivity index (χ1n) is 4.92. The lowest BCUT2D eigenvalue weighted by atomic mass is 10.0. The third-order valence-electron chi connectivity index (χ3n) is 2.48. The number of carbonyl (C=O) groups excluding carboxylic acids is 2. The molecule has 0 bridgehead atoms. The van der Waals surface area contributed by atoms with Crippen molar-refractivity contribution in [2.75, 3.05) is 0 Å². The topological polar surface area (TPSA) is 61.2 Å². The van der Waals surface area contributed by atoms with Crippen LogP contribution in [-0.2, 0) is 9.59 Å². The third-order valence-corrected chi connectivity index (χ3v) is 2.48. The molecule has 14 heavy (non-hydrogen) atoms. The molecule has 1 atom stereocenters. The van der Waals surface area contributed by atoms with Crippen LogP contribution in [0.15, 0.2) is 0 Å². The molecule has 0 N–H and O–H groups in total. The predicted octanol–water partition coefficient (Wildman–Crippen LogP) is 1.22. The van der Waals surface area contributed by atoms with E-state index in [0.717, 1.165) is 0 Å². The third kappa shape index (κ3) is 2.11. The van der Waals surface area contributed by atoms with Gasteiger partial charge < -0.3 is 0 Å². The van der Waals surface area contributed by atoms with Crippen molar-refractivity contribution in [3.8, 4) is 6.07 Å². The number of amides is 2. The van der Waals surface area contributed by atoms with E-state index in [2.05, 4.69) is 0 Å². The number of nitriles is 1. The second kappa shape index (κ2) is 4.75. The first kappa shape index (κ1) is 10.7. The van der Waals surface area contributed by atoms with Crippen molar-refractivity contribution in [3.63, 3.8) is 0 Å². The standard InChI is InChI=1S/C10H14N2O2/c1-2-8(6-7-11)12-9(13)4-3-5-10(12)14/h8H,2-6H2,1H3. The molecule has 0 aromatic heterocycles. The minimum Gasteiger partial charge on any atom is -0.278 e. The maximum atomic E-state index is 11.5. The molecule has 2 amide bonds. The van der Waals surface area contributed by atoms with Gasteiger partial charge in [0, 0.05) is 12.8 Å². The Morgan fingerprint density at radius 2 is 2.00 bits per heavy atom. The largest absolute Gasteiger partial charge is 0.278 e. The van der Waals surface area contributed by atoms with Crippen LogP contribution < -0.4 is 0 Å². The molecule has 0 aromatic rings. The van der Waals surface area contributed by atoms with Gasteiger partial charge in [-0.2, -0.15) is 5.26 Å². The molecule has 4 heteroatoms. The minimum atomic E-state index is -0.222. The molecule has 0 spiro atoms. The summed E-state index contributed by atoms with van der Waals surface area (Å²) < 4.78 is 0. The number of piperidine rings is 1. The highest BCUT2D eigenvalue weighted by Gasteiger charge is 2.31. The SMILES string of the molecule is CCC(CC#N)N1C(=O)CCCC1=O. The van der Waals surface area contributed by atoms with Crippen molar-refractivity contribution in [1.82, 2.24) is 4.90 Å². The average molecular weight is 194 g/mol. The zero-order valence-corrected chi connectivity index (χ0v) is 8.32. The monoisotopic (exact) mass is 194 g/mol. The van der Waals surface area contributed by atoms with Crippen LogP contribution in [-0.4, -0.2) is 22.8 Å². The van der Waals surface area contributed by atoms with E-state index in [4.69, 9.17) is 5.26 Å². The molecule has 1 fully saturated rings. The summed E-state index contributed by atoms with van der Waals surface area (Å²) >= 11 is 0. The Balaban J connectivity index is 2.75. The van der Waals surface area contributed by atoms with Crippen molar-refractivity contribution in [3.05, 3.63) is 0 Å². The fourth-order valence-corrected chi connectivity index (χ4v) is 1.70. The Bertz CT molecular complexity index is 264. The summed E-state index contributed by atoms with van der Waals surface area (Å²) in [7, 11) is 0. The van der Waals surface area contributed by atoms with Gasteiger partial charge >= 0.3 is 0 Å². The van der Waals surface area contributed by atoms with Crippen molar-refractivity contribution in [2.24, 2.45) is 0 Å². The van der Waals surface area contributed by atoms with Gasteiger partial charge in [-0.3, -0.25) is 14.5 Å². The summed E-state index contributed by atoms with van der Waals surface area (Å²) in [5.41, 5.74) is 0. The van der Waals surface area contributed by atoms with Gasteiger partial charge in [0.05, 0.1) is 18.5 Å². The maximum Gasteiger partial charge on any atom is 0.229 e. The molecule has 4 nitrogen and oxygen atoms in total. The van der Waals surface area contributed by atoms with Crippen molar-refractivity contribution < 1.29 is 9.59 Å². The fourth-order valence-electron chi connectivity index (χ4n) is 1.70. The van der Waals surface area contributed by atoms with Crippen LogP contribution in [0.5, 0.6) is 0 Å². The van der Waals surface area contributed by atoms with Crippen LogP contribution in [0.3, 0.4) is 0 Å². The number of nitrogens with zero attached hydrogens (tertiary/aromatic N) is 2. The average Bonchev–Trinajstić information content (AvgIpc) is 2.16. The summed E-state index contributed by atoms with van der Waals surface area (Å²) in [6.07, 6.45) is 2.43. The molecule has 76 valence electrons. The molecule has 0 saturated carbocycles. The van der Waals surface area contributed by atoms with Gasteiger partial charge in [0.1, 0.15) is 0 Å². The van der Waals surface area contributed by atoms with Gasteiger partial charge in [-0.1, -0.05) is 6.92 Å². The van der Waals surface area contributed by atoms with Crippen LogP contribution in [0.2, 0.25) is 0 Å². The van der Waals surface area contributed by atoms with E-state index in [1.165, 1.54) is 4.90 Å². The van der Waals surface area contributed by atoms with E-state index in [1.54, 1.807) is 0 Å². The zero-order valence-electron chi connectivity index (χ0n) is 8.32. The lowest BCUT2D eigenvalue weighted by molar-refractivity contribution is -0.150. The van der Waals surface area contributed by atoms with Crippen molar-refractivity contribution in [1.29, 1.82) is 5.26 Å².